The summed E-state index contributed by atoms with van der Waals surface area (Å²) >= 11 is 0. The fourth-order valence-corrected chi connectivity index (χ4v) is 3.80. The van der Waals surface area contributed by atoms with Crippen molar-refractivity contribution < 1.29 is 9.90 Å². The van der Waals surface area contributed by atoms with Gasteiger partial charge in [-0.15, -0.1) is 0 Å². The monoisotopic (exact) mass is 346 g/mol. The SMILES string of the molecule is CC(C)Cc1nc(NCC2CCC(CO)CC2)c2c(n1)C(=O)NCC2. The molecule has 0 unspecified atom stereocenters. The van der Waals surface area contributed by atoms with Gasteiger partial charge in [-0.05, 0) is 49.9 Å². The number of rotatable bonds is 6. The van der Waals surface area contributed by atoms with Crippen LogP contribution in [0.2, 0.25) is 0 Å². The lowest BCUT2D eigenvalue weighted by molar-refractivity contribution is 0.0940. The Hall–Kier alpha value is -1.69. The summed E-state index contributed by atoms with van der Waals surface area (Å²) in [6.45, 7) is 6.11. The van der Waals surface area contributed by atoms with E-state index in [-0.39, 0.29) is 5.91 Å². The number of aliphatic hydroxyl groups excluding tert-OH is 1. The summed E-state index contributed by atoms with van der Waals surface area (Å²) in [4.78, 5) is 21.5. The van der Waals surface area contributed by atoms with Gasteiger partial charge >= 0.3 is 0 Å². The molecule has 6 nitrogen and oxygen atoms in total. The molecule has 1 amide bonds. The molecule has 25 heavy (non-hydrogen) atoms. The van der Waals surface area contributed by atoms with E-state index in [2.05, 4.69) is 29.5 Å². The number of hydrogen-bond donors (Lipinski definition) is 3. The highest BCUT2D eigenvalue weighted by Gasteiger charge is 2.25. The third-order valence-electron chi connectivity index (χ3n) is 5.30. The van der Waals surface area contributed by atoms with Crippen LogP contribution >= 0.6 is 0 Å². The van der Waals surface area contributed by atoms with Gasteiger partial charge in [0.1, 0.15) is 17.3 Å². The summed E-state index contributed by atoms with van der Waals surface area (Å²) in [7, 11) is 0. The molecule has 1 fully saturated rings. The van der Waals surface area contributed by atoms with Gasteiger partial charge < -0.3 is 15.7 Å². The molecule has 1 aliphatic carbocycles. The molecule has 138 valence electrons. The molecule has 3 N–H and O–H groups in total. The van der Waals surface area contributed by atoms with Crippen LogP contribution in [0.25, 0.3) is 0 Å². The van der Waals surface area contributed by atoms with Crippen LogP contribution in [0, 0.1) is 17.8 Å². The third kappa shape index (κ3) is 4.48. The van der Waals surface area contributed by atoms with E-state index in [1.54, 1.807) is 0 Å². The molecule has 1 aromatic heterocycles. The Bertz CT molecular complexity index is 610. The summed E-state index contributed by atoms with van der Waals surface area (Å²) in [5, 5.41) is 15.7. The van der Waals surface area contributed by atoms with Gasteiger partial charge in [0.15, 0.2) is 0 Å². The van der Waals surface area contributed by atoms with Crippen molar-refractivity contribution >= 4 is 11.7 Å². The maximum Gasteiger partial charge on any atom is 0.270 e. The lowest BCUT2D eigenvalue weighted by Gasteiger charge is -2.28. The first-order valence-corrected chi connectivity index (χ1v) is 9.59. The van der Waals surface area contributed by atoms with Crippen molar-refractivity contribution in [2.75, 3.05) is 25.0 Å². The molecule has 0 atom stereocenters. The minimum Gasteiger partial charge on any atom is -0.396 e. The largest absolute Gasteiger partial charge is 0.396 e. The Labute approximate surface area is 149 Å². The molecule has 1 aromatic rings. The molecular weight excluding hydrogens is 316 g/mol. The van der Waals surface area contributed by atoms with Gasteiger partial charge in [0.25, 0.3) is 5.91 Å². The topological polar surface area (TPSA) is 87.1 Å². The van der Waals surface area contributed by atoms with Gasteiger partial charge in [0, 0.05) is 31.7 Å². The van der Waals surface area contributed by atoms with Gasteiger partial charge in [0.05, 0.1) is 0 Å². The van der Waals surface area contributed by atoms with Crippen LogP contribution in [0.3, 0.4) is 0 Å². The number of aromatic nitrogens is 2. The highest BCUT2D eigenvalue weighted by molar-refractivity contribution is 5.95. The van der Waals surface area contributed by atoms with E-state index in [1.165, 1.54) is 0 Å². The van der Waals surface area contributed by atoms with Crippen molar-refractivity contribution in [2.45, 2.75) is 52.4 Å². The van der Waals surface area contributed by atoms with Gasteiger partial charge in [-0.1, -0.05) is 13.8 Å². The molecule has 3 rings (SSSR count). The highest BCUT2D eigenvalue weighted by Crippen LogP contribution is 2.29. The zero-order valence-electron chi connectivity index (χ0n) is 15.3. The van der Waals surface area contributed by atoms with E-state index in [4.69, 9.17) is 4.98 Å². The molecule has 0 bridgehead atoms. The van der Waals surface area contributed by atoms with E-state index in [0.29, 0.717) is 36.6 Å². The molecule has 2 aliphatic rings. The van der Waals surface area contributed by atoms with Crippen LogP contribution in [0.15, 0.2) is 0 Å². The lowest BCUT2D eigenvalue weighted by Crippen LogP contribution is -2.34. The number of carbonyl (C=O) groups is 1. The second kappa shape index (κ2) is 8.13. The quantitative estimate of drug-likeness (QED) is 0.735. The van der Waals surface area contributed by atoms with Crippen molar-refractivity contribution in [2.24, 2.45) is 17.8 Å². The third-order valence-corrected chi connectivity index (χ3v) is 5.30. The van der Waals surface area contributed by atoms with Crippen LogP contribution in [-0.4, -0.2) is 40.7 Å². The molecule has 1 aliphatic heterocycles. The zero-order valence-corrected chi connectivity index (χ0v) is 15.3. The Balaban J connectivity index is 1.73. The Kier molecular flexibility index (Phi) is 5.89. The van der Waals surface area contributed by atoms with E-state index in [0.717, 1.165) is 62.3 Å². The number of aliphatic hydroxyl groups is 1. The predicted octanol–water partition coefficient (Wildman–Crippen LogP) is 2.17. The molecule has 1 saturated carbocycles. The summed E-state index contributed by atoms with van der Waals surface area (Å²) in [6.07, 6.45) is 6.05. The summed E-state index contributed by atoms with van der Waals surface area (Å²) in [5.74, 6) is 3.05. The smallest absolute Gasteiger partial charge is 0.270 e. The first-order chi connectivity index (χ1) is 12.1. The van der Waals surface area contributed by atoms with Crippen LogP contribution in [0.1, 0.15) is 61.4 Å². The Morgan fingerprint density at radius 3 is 2.60 bits per heavy atom. The van der Waals surface area contributed by atoms with Crippen LogP contribution in [0.5, 0.6) is 0 Å². The zero-order chi connectivity index (χ0) is 17.8. The van der Waals surface area contributed by atoms with Gasteiger partial charge in [-0.3, -0.25) is 4.79 Å². The fraction of sp³-hybridized carbons (Fsp3) is 0.737. The maximum atomic E-state index is 12.2. The summed E-state index contributed by atoms with van der Waals surface area (Å²) in [5.41, 5.74) is 1.50. The second-order valence-corrected chi connectivity index (χ2v) is 7.87. The molecule has 0 aromatic carbocycles. The predicted molar refractivity (Wildman–Crippen MR) is 97.6 cm³/mol. The molecular formula is C19H30N4O2. The fourth-order valence-electron chi connectivity index (χ4n) is 3.80. The first kappa shape index (κ1) is 18.1. The maximum absolute atomic E-state index is 12.2. The van der Waals surface area contributed by atoms with E-state index >= 15 is 0 Å². The minimum absolute atomic E-state index is 0.0832. The van der Waals surface area contributed by atoms with E-state index in [1.807, 2.05) is 0 Å². The highest BCUT2D eigenvalue weighted by atomic mass is 16.3. The van der Waals surface area contributed by atoms with Gasteiger partial charge in [-0.2, -0.15) is 0 Å². The minimum atomic E-state index is -0.0832. The average Bonchev–Trinajstić information content (AvgIpc) is 2.60. The molecule has 0 saturated heterocycles. The molecule has 6 heteroatoms. The van der Waals surface area contributed by atoms with Crippen LogP contribution in [-0.2, 0) is 12.8 Å². The number of nitrogens with zero attached hydrogens (tertiary/aromatic N) is 2. The number of anilines is 1. The lowest BCUT2D eigenvalue weighted by atomic mass is 9.82. The normalized spacial score (nSPS) is 23.3. The van der Waals surface area contributed by atoms with Gasteiger partial charge in [0.2, 0.25) is 0 Å². The number of nitrogens with one attached hydrogen (secondary N) is 2. The Morgan fingerprint density at radius 1 is 1.20 bits per heavy atom. The number of fused-ring (bicyclic) bond motifs is 1. The number of amides is 1. The summed E-state index contributed by atoms with van der Waals surface area (Å²) in [6, 6.07) is 0. The molecule has 0 spiro atoms. The standard InChI is InChI=1S/C19H30N4O2/c1-12(2)9-16-22-17-15(7-8-20-19(17)25)18(23-16)21-10-13-3-5-14(11-24)6-4-13/h12-14,24H,3-11H2,1-2H3,(H,20,25)(H,21,22,23). The second-order valence-electron chi connectivity index (χ2n) is 7.87. The first-order valence-electron chi connectivity index (χ1n) is 9.59. The molecule has 0 radical (unpaired) electrons. The number of carbonyl (C=O) groups excluding carboxylic acids is 1. The van der Waals surface area contributed by atoms with Gasteiger partial charge in [-0.25, -0.2) is 9.97 Å². The van der Waals surface area contributed by atoms with Crippen molar-refractivity contribution in [1.82, 2.24) is 15.3 Å². The van der Waals surface area contributed by atoms with Crippen molar-refractivity contribution in [3.8, 4) is 0 Å². The van der Waals surface area contributed by atoms with Crippen LogP contribution < -0.4 is 10.6 Å². The average molecular weight is 346 g/mol. The Morgan fingerprint density at radius 2 is 1.92 bits per heavy atom. The van der Waals surface area contributed by atoms with Crippen LogP contribution in [0.4, 0.5) is 5.82 Å². The van der Waals surface area contributed by atoms with Crippen molar-refractivity contribution in [3.05, 3.63) is 17.1 Å². The van der Waals surface area contributed by atoms with Crippen molar-refractivity contribution in [1.29, 1.82) is 0 Å². The van der Waals surface area contributed by atoms with E-state index in [9.17, 15) is 9.90 Å². The molecule has 2 heterocycles. The van der Waals surface area contributed by atoms with E-state index < -0.39 is 0 Å². The number of hydrogen-bond acceptors (Lipinski definition) is 5. The van der Waals surface area contributed by atoms with Crippen molar-refractivity contribution in [3.63, 3.8) is 0 Å². The summed E-state index contributed by atoms with van der Waals surface area (Å²) < 4.78 is 0.